The largest absolute Gasteiger partial charge is 0.478 e. The van der Waals surface area contributed by atoms with Gasteiger partial charge in [0.15, 0.2) is 0 Å². The summed E-state index contributed by atoms with van der Waals surface area (Å²) in [5, 5.41) is 14.7. The van der Waals surface area contributed by atoms with Crippen LogP contribution in [-0.4, -0.2) is 99.7 Å². The summed E-state index contributed by atoms with van der Waals surface area (Å²) >= 11 is 8.07. The van der Waals surface area contributed by atoms with Crippen molar-refractivity contribution < 1.29 is 52.8 Å². The number of amides is 2. The molecular formula is C59H65ClN8O11S. The molecule has 19 nitrogen and oxygen atoms in total. The zero-order valence-electron chi connectivity index (χ0n) is 45.3. The highest BCUT2D eigenvalue weighted by molar-refractivity contribution is 7.10. The number of imidazole rings is 1. The van der Waals surface area contributed by atoms with Crippen molar-refractivity contribution in [2.45, 2.75) is 78.4 Å². The minimum atomic E-state index is -1.11. The number of halogens is 1. The first-order valence-corrected chi connectivity index (χ1v) is 27.2. The Kier molecular flexibility index (Phi) is 23.3. The number of pyridine rings is 1. The summed E-state index contributed by atoms with van der Waals surface area (Å²) in [5.41, 5.74) is 11.5. The maximum Gasteiger partial charge on any atom is 0.435 e. The van der Waals surface area contributed by atoms with Crippen molar-refractivity contribution >= 4 is 87.2 Å². The number of carboxylic acids is 1. The molecule has 0 fully saturated rings. The second kappa shape index (κ2) is 30.6. The molecule has 4 aromatic carbocycles. The van der Waals surface area contributed by atoms with Gasteiger partial charge in [-0.2, -0.15) is 4.99 Å². The lowest BCUT2D eigenvalue weighted by Crippen LogP contribution is -2.38. The molecule has 2 amide bonds. The van der Waals surface area contributed by atoms with Crippen LogP contribution in [-0.2, 0) is 55.2 Å². The number of hydrogen-bond donors (Lipinski definition) is 3. The number of thiophene rings is 1. The number of anilines is 2. The highest BCUT2D eigenvalue weighted by Crippen LogP contribution is 2.34. The molecular weight excluding hydrogens is 1060 g/mol. The number of aryl methyl sites for hydroxylation is 1. The molecule has 1 aliphatic rings. The molecule has 0 saturated heterocycles. The normalized spacial score (nSPS) is 12.3. The van der Waals surface area contributed by atoms with Gasteiger partial charge in [-0.15, -0.1) is 11.3 Å². The third kappa shape index (κ3) is 17.3. The predicted octanol–water partition coefficient (Wildman–Crippen LogP) is 10.6. The van der Waals surface area contributed by atoms with Crippen molar-refractivity contribution in [3.63, 3.8) is 0 Å². The number of aromatic carboxylic acids is 1. The van der Waals surface area contributed by atoms with E-state index in [2.05, 4.69) is 43.3 Å². The number of nitrogens with zero attached hydrogens (tertiary/aromatic N) is 6. The molecule has 0 spiro atoms. The zero-order chi connectivity index (χ0) is 57.6. The number of rotatable bonds is 20. The Morgan fingerprint density at radius 1 is 0.900 bits per heavy atom. The van der Waals surface area contributed by atoms with E-state index in [4.69, 9.17) is 41.6 Å². The van der Waals surface area contributed by atoms with Crippen molar-refractivity contribution in [2.75, 3.05) is 43.6 Å². The number of nitrogens with two attached hydrogens (primary N) is 1. The maximum atomic E-state index is 13.6. The molecule has 0 aliphatic carbocycles. The first kappa shape index (κ1) is 60.8. The highest BCUT2D eigenvalue weighted by Gasteiger charge is 2.33. The summed E-state index contributed by atoms with van der Waals surface area (Å²) in [6.07, 6.45) is 5.96. The number of methoxy groups -OCH3 is 1. The van der Waals surface area contributed by atoms with E-state index < -0.39 is 24.1 Å². The Morgan fingerprint density at radius 3 is 2.34 bits per heavy atom. The molecule has 80 heavy (non-hydrogen) atoms. The van der Waals surface area contributed by atoms with Crippen LogP contribution < -0.4 is 20.7 Å². The Bertz CT molecular complexity index is 3260. The first-order chi connectivity index (χ1) is 38.6. The lowest BCUT2D eigenvalue weighted by atomic mass is 10.0. The molecule has 1 atom stereocenters. The summed E-state index contributed by atoms with van der Waals surface area (Å²) in [6, 6.07) is 33.0. The van der Waals surface area contributed by atoms with Crippen LogP contribution in [0.4, 0.5) is 16.3 Å². The SMILES string of the molecule is CC(=O)Oc1ccccc1C(=O)O.CCCCCCOC(=O)/N=C(/N)c1ccc(NCc2nc3cc(C(=O)N(CCC(=O)OCC)c4ccccn4)ccc3n2C)cc1.COC(=O)[C@H](c1ccccc1Cl)N1CCc2sccc2C1. The Morgan fingerprint density at radius 2 is 1.64 bits per heavy atom. The van der Waals surface area contributed by atoms with Crippen molar-refractivity contribution in [3.8, 4) is 5.75 Å². The Balaban J connectivity index is 0.000000246. The standard InChI is InChI=1S/C34H41N7O5.C16H16ClNO2S.C9H8O4/c1-4-6-7-10-21-46-34(44)39-32(35)24-12-15-26(16-13-24)37-23-30-38-27-22-25(14-17-28(27)40(30)3)33(43)41(20-18-31(42)45-5-2)29-11-8-9-19-36-29;1-20-16(19)15(12-4-2-3-5-13(12)17)18-8-6-14-11(10-18)7-9-21-14;1-6(10)13-8-5-3-2-4-7(8)9(11)12/h8-9,11-17,19,22,37H,4-7,10,18,20-21,23H2,1-3H3,(H2,35,39,44);2-5,7,9,15H,6,8,10H2,1H3;2-5H,1H3,(H,11,12)/t;15-;/m.0./s1. The highest BCUT2D eigenvalue weighted by atomic mass is 35.5. The number of benzene rings is 4. The number of carboxylic acid groups (broad SMARTS) is 1. The number of ether oxygens (including phenoxy) is 4. The number of fused-ring (bicyclic) bond motifs is 2. The lowest BCUT2D eigenvalue weighted by molar-refractivity contribution is -0.148. The Hall–Kier alpha value is -8.46. The molecule has 21 heteroatoms. The molecule has 4 heterocycles. The average Bonchev–Trinajstić information content (AvgIpc) is 4.06. The molecule has 8 rings (SSSR count). The predicted molar refractivity (Wildman–Crippen MR) is 307 cm³/mol. The number of nitrogens with one attached hydrogen (secondary N) is 1. The van der Waals surface area contributed by atoms with E-state index in [1.54, 1.807) is 79.1 Å². The number of para-hydroxylation sites is 1. The number of aromatic nitrogens is 3. The third-order valence-electron chi connectivity index (χ3n) is 12.5. The monoisotopic (exact) mass is 1130 g/mol. The molecule has 3 aromatic heterocycles. The smallest absolute Gasteiger partial charge is 0.435 e. The van der Waals surface area contributed by atoms with E-state index >= 15 is 0 Å². The quantitative estimate of drug-likeness (QED) is 0.0160. The number of aliphatic imine (C=N–C) groups is 1. The van der Waals surface area contributed by atoms with Crippen LogP contribution >= 0.6 is 22.9 Å². The molecule has 0 unspecified atom stereocenters. The van der Waals surface area contributed by atoms with Crippen molar-refractivity contribution in [3.05, 3.63) is 170 Å². The van der Waals surface area contributed by atoms with E-state index in [0.717, 1.165) is 67.8 Å². The average molecular weight is 1130 g/mol. The molecule has 420 valence electrons. The second-order valence-corrected chi connectivity index (χ2v) is 19.4. The summed E-state index contributed by atoms with van der Waals surface area (Å²) in [7, 11) is 3.34. The maximum absolute atomic E-state index is 13.6. The van der Waals surface area contributed by atoms with Gasteiger partial charge in [-0.3, -0.25) is 24.2 Å². The van der Waals surface area contributed by atoms with E-state index in [1.165, 1.54) is 41.5 Å². The number of esters is 3. The van der Waals surface area contributed by atoms with Crippen molar-refractivity contribution in [1.82, 2.24) is 19.4 Å². The summed E-state index contributed by atoms with van der Waals surface area (Å²) in [6.45, 7) is 7.82. The van der Waals surface area contributed by atoms with Gasteiger partial charge in [0.05, 0.1) is 44.3 Å². The van der Waals surface area contributed by atoms with Crippen molar-refractivity contribution in [1.29, 1.82) is 0 Å². The van der Waals surface area contributed by atoms with E-state index in [0.29, 0.717) is 40.6 Å². The summed E-state index contributed by atoms with van der Waals surface area (Å²) in [4.78, 5) is 89.1. The first-order valence-electron chi connectivity index (χ1n) is 25.9. The fraction of sp³-hybridized carbons (Fsp3) is 0.305. The third-order valence-corrected chi connectivity index (χ3v) is 13.9. The van der Waals surface area contributed by atoms with Crippen LogP contribution in [0.1, 0.15) is 107 Å². The van der Waals surface area contributed by atoms with Crippen LogP contribution in [0.3, 0.4) is 0 Å². The van der Waals surface area contributed by atoms with Gasteiger partial charge in [0.25, 0.3) is 5.91 Å². The second-order valence-electron chi connectivity index (χ2n) is 18.0. The molecule has 0 saturated carbocycles. The van der Waals surface area contributed by atoms with Crippen LogP contribution in [0.25, 0.3) is 11.0 Å². The van der Waals surface area contributed by atoms with Gasteiger partial charge in [0, 0.05) is 66.5 Å². The zero-order valence-corrected chi connectivity index (χ0v) is 46.8. The molecule has 0 radical (unpaired) electrons. The van der Waals surface area contributed by atoms with Gasteiger partial charge in [0.1, 0.15) is 34.8 Å². The van der Waals surface area contributed by atoms with Gasteiger partial charge in [-0.05, 0) is 115 Å². The fourth-order valence-corrected chi connectivity index (χ4v) is 9.58. The van der Waals surface area contributed by atoms with Crippen LogP contribution in [0.2, 0.25) is 5.02 Å². The van der Waals surface area contributed by atoms with Gasteiger partial charge >= 0.3 is 30.0 Å². The van der Waals surface area contributed by atoms with Gasteiger partial charge < -0.3 is 39.7 Å². The lowest BCUT2D eigenvalue weighted by Gasteiger charge is -2.33. The number of unbranched alkanes of at least 4 members (excludes halogenated alkanes) is 3. The topological polar surface area (TPSA) is 247 Å². The summed E-state index contributed by atoms with van der Waals surface area (Å²) < 4.78 is 21.8. The molecule has 1 aliphatic heterocycles. The minimum absolute atomic E-state index is 0.0160. The molecule has 4 N–H and O–H groups in total. The van der Waals surface area contributed by atoms with Crippen molar-refractivity contribution in [2.24, 2.45) is 17.8 Å². The number of hydrogen-bond acceptors (Lipinski definition) is 15. The van der Waals surface area contributed by atoms with E-state index in [9.17, 15) is 28.8 Å². The Labute approximate surface area is 473 Å². The van der Waals surface area contributed by atoms with Gasteiger partial charge in [-0.1, -0.05) is 74.2 Å². The van der Waals surface area contributed by atoms with Gasteiger partial charge in [-0.25, -0.2) is 24.4 Å². The van der Waals surface area contributed by atoms with Crippen LogP contribution in [0, 0.1) is 0 Å². The van der Waals surface area contributed by atoms with Crippen LogP contribution in [0.15, 0.2) is 132 Å². The molecule has 0 bridgehead atoms. The number of amidine groups is 1. The van der Waals surface area contributed by atoms with E-state index in [1.807, 2.05) is 54.1 Å². The number of carbonyl (C=O) groups is 6. The summed E-state index contributed by atoms with van der Waals surface area (Å²) in [5.74, 6) is -1.22. The molecule has 7 aromatic rings. The fourth-order valence-electron chi connectivity index (χ4n) is 8.45. The minimum Gasteiger partial charge on any atom is -0.478 e. The van der Waals surface area contributed by atoms with E-state index in [-0.39, 0.29) is 54.6 Å². The van der Waals surface area contributed by atoms with Crippen LogP contribution in [0.5, 0.6) is 5.75 Å². The van der Waals surface area contributed by atoms with Gasteiger partial charge in [0.2, 0.25) is 0 Å². The number of carbonyl (C=O) groups excluding carboxylic acids is 5.